The molecule has 1 aromatic heterocycles. The van der Waals surface area contributed by atoms with Gasteiger partial charge in [-0.1, -0.05) is 43.1 Å². The van der Waals surface area contributed by atoms with E-state index in [9.17, 15) is 0 Å². The predicted octanol–water partition coefficient (Wildman–Crippen LogP) is 4.17. The lowest BCUT2D eigenvalue weighted by Crippen LogP contribution is -2.02. The first-order chi connectivity index (χ1) is 8.90. The molecule has 0 bridgehead atoms. The summed E-state index contributed by atoms with van der Waals surface area (Å²) >= 11 is 12.0. The number of aryl methyl sites for hydroxylation is 1. The molecular formula is C14H17Cl2N3. The number of hydrogen-bond donors (Lipinski definition) is 1. The first-order valence-corrected chi connectivity index (χ1v) is 6.92. The summed E-state index contributed by atoms with van der Waals surface area (Å²) in [5.41, 5.74) is 8.99. The van der Waals surface area contributed by atoms with Crippen LogP contribution in [0.4, 0.5) is 5.82 Å². The molecule has 0 saturated heterocycles. The SMILES string of the molecule is CC(C)Cc1c(-c2ccc(Cl)c(Cl)c2)nn(C)c1N. The van der Waals surface area contributed by atoms with Gasteiger partial charge < -0.3 is 5.73 Å². The maximum Gasteiger partial charge on any atom is 0.125 e. The van der Waals surface area contributed by atoms with Crippen molar-refractivity contribution in [2.75, 3.05) is 5.73 Å². The van der Waals surface area contributed by atoms with E-state index in [0.717, 1.165) is 23.2 Å². The predicted molar refractivity (Wildman–Crippen MR) is 81.6 cm³/mol. The highest BCUT2D eigenvalue weighted by molar-refractivity contribution is 6.42. The van der Waals surface area contributed by atoms with Crippen LogP contribution in [0.2, 0.25) is 10.0 Å². The number of benzene rings is 1. The summed E-state index contributed by atoms with van der Waals surface area (Å²) in [6, 6.07) is 5.53. The van der Waals surface area contributed by atoms with Crippen molar-refractivity contribution in [2.45, 2.75) is 20.3 Å². The van der Waals surface area contributed by atoms with Gasteiger partial charge in [0, 0.05) is 18.2 Å². The molecule has 102 valence electrons. The van der Waals surface area contributed by atoms with Gasteiger partial charge in [-0.05, 0) is 24.5 Å². The number of nitrogens with two attached hydrogens (primary N) is 1. The van der Waals surface area contributed by atoms with Gasteiger partial charge in [0.05, 0.1) is 15.7 Å². The van der Waals surface area contributed by atoms with Crippen molar-refractivity contribution in [1.82, 2.24) is 9.78 Å². The summed E-state index contributed by atoms with van der Waals surface area (Å²) in [6.45, 7) is 4.32. The van der Waals surface area contributed by atoms with E-state index in [-0.39, 0.29) is 0 Å². The second-order valence-electron chi connectivity index (χ2n) is 5.06. The van der Waals surface area contributed by atoms with E-state index < -0.39 is 0 Å². The van der Waals surface area contributed by atoms with Crippen LogP contribution >= 0.6 is 23.2 Å². The van der Waals surface area contributed by atoms with Crippen LogP contribution in [-0.4, -0.2) is 9.78 Å². The monoisotopic (exact) mass is 297 g/mol. The molecule has 0 aliphatic rings. The van der Waals surface area contributed by atoms with Crippen LogP contribution in [0.25, 0.3) is 11.3 Å². The van der Waals surface area contributed by atoms with Gasteiger partial charge in [-0.25, -0.2) is 0 Å². The maximum atomic E-state index is 6.10. The largest absolute Gasteiger partial charge is 0.384 e. The Morgan fingerprint density at radius 2 is 1.95 bits per heavy atom. The minimum atomic E-state index is 0.507. The Balaban J connectivity index is 2.54. The van der Waals surface area contributed by atoms with Crippen LogP contribution in [0.1, 0.15) is 19.4 Å². The standard InChI is InChI=1S/C14H17Cl2N3/c1-8(2)6-10-13(18-19(3)14(10)17)9-4-5-11(15)12(16)7-9/h4-5,7-8H,6,17H2,1-3H3. The maximum absolute atomic E-state index is 6.10. The third kappa shape index (κ3) is 2.88. The van der Waals surface area contributed by atoms with Gasteiger partial charge in [0.15, 0.2) is 0 Å². The summed E-state index contributed by atoms with van der Waals surface area (Å²) in [4.78, 5) is 0. The normalized spacial score (nSPS) is 11.3. The molecule has 0 amide bonds. The Bertz CT molecular complexity index is 603. The van der Waals surface area contributed by atoms with E-state index in [0.29, 0.717) is 21.8 Å². The number of anilines is 1. The molecule has 1 heterocycles. The molecule has 1 aromatic carbocycles. The summed E-state index contributed by atoms with van der Waals surface area (Å²) < 4.78 is 1.70. The minimum Gasteiger partial charge on any atom is -0.384 e. The molecular weight excluding hydrogens is 281 g/mol. The first-order valence-electron chi connectivity index (χ1n) is 6.17. The van der Waals surface area contributed by atoms with Crippen LogP contribution in [0.15, 0.2) is 18.2 Å². The zero-order chi connectivity index (χ0) is 14.2. The first kappa shape index (κ1) is 14.2. The second kappa shape index (κ2) is 5.43. The van der Waals surface area contributed by atoms with Gasteiger partial charge in [-0.3, -0.25) is 4.68 Å². The van der Waals surface area contributed by atoms with E-state index in [1.165, 1.54) is 0 Å². The van der Waals surface area contributed by atoms with Crippen LogP contribution < -0.4 is 5.73 Å². The number of nitrogens with zero attached hydrogens (tertiary/aromatic N) is 2. The van der Waals surface area contributed by atoms with Gasteiger partial charge in [-0.15, -0.1) is 0 Å². The fourth-order valence-electron chi connectivity index (χ4n) is 2.07. The molecule has 0 atom stereocenters. The van der Waals surface area contributed by atoms with E-state index in [1.807, 2.05) is 19.2 Å². The minimum absolute atomic E-state index is 0.507. The molecule has 5 heteroatoms. The van der Waals surface area contributed by atoms with Gasteiger partial charge in [0.25, 0.3) is 0 Å². The molecule has 0 aliphatic heterocycles. The van der Waals surface area contributed by atoms with E-state index in [4.69, 9.17) is 28.9 Å². The molecule has 2 aromatic rings. The lowest BCUT2D eigenvalue weighted by molar-refractivity contribution is 0.648. The molecule has 19 heavy (non-hydrogen) atoms. The number of nitrogen functional groups attached to an aromatic ring is 1. The third-order valence-electron chi connectivity index (χ3n) is 3.00. The van der Waals surface area contributed by atoms with Crippen molar-refractivity contribution in [3.8, 4) is 11.3 Å². The number of halogens is 2. The number of aromatic nitrogens is 2. The molecule has 0 spiro atoms. The van der Waals surface area contributed by atoms with Crippen LogP contribution in [-0.2, 0) is 13.5 Å². The zero-order valence-corrected chi connectivity index (χ0v) is 12.8. The van der Waals surface area contributed by atoms with E-state index >= 15 is 0 Å². The lowest BCUT2D eigenvalue weighted by atomic mass is 9.99. The Morgan fingerprint density at radius 3 is 2.53 bits per heavy atom. The van der Waals surface area contributed by atoms with Crippen molar-refractivity contribution in [2.24, 2.45) is 13.0 Å². The highest BCUT2D eigenvalue weighted by Gasteiger charge is 2.17. The Labute approximate surface area is 123 Å². The van der Waals surface area contributed by atoms with Gasteiger partial charge in [-0.2, -0.15) is 5.10 Å². The third-order valence-corrected chi connectivity index (χ3v) is 3.74. The number of rotatable bonds is 3. The summed E-state index contributed by atoms with van der Waals surface area (Å²) in [5.74, 6) is 1.21. The molecule has 0 aliphatic carbocycles. The summed E-state index contributed by atoms with van der Waals surface area (Å²) in [7, 11) is 1.85. The van der Waals surface area contributed by atoms with Crippen molar-refractivity contribution in [3.63, 3.8) is 0 Å². The summed E-state index contributed by atoms with van der Waals surface area (Å²) in [5, 5.41) is 5.56. The quantitative estimate of drug-likeness (QED) is 0.924. The van der Waals surface area contributed by atoms with Crippen molar-refractivity contribution >= 4 is 29.0 Å². The second-order valence-corrected chi connectivity index (χ2v) is 5.88. The van der Waals surface area contributed by atoms with E-state index in [1.54, 1.807) is 10.7 Å². The molecule has 0 unspecified atom stereocenters. The van der Waals surface area contributed by atoms with Crippen molar-refractivity contribution < 1.29 is 0 Å². The van der Waals surface area contributed by atoms with Crippen molar-refractivity contribution in [1.29, 1.82) is 0 Å². The molecule has 3 nitrogen and oxygen atoms in total. The van der Waals surface area contributed by atoms with Gasteiger partial charge >= 0.3 is 0 Å². The van der Waals surface area contributed by atoms with Gasteiger partial charge in [0.2, 0.25) is 0 Å². The molecule has 0 saturated carbocycles. The van der Waals surface area contributed by atoms with Gasteiger partial charge in [0.1, 0.15) is 5.82 Å². The molecule has 0 radical (unpaired) electrons. The topological polar surface area (TPSA) is 43.8 Å². The Hall–Kier alpha value is -1.19. The van der Waals surface area contributed by atoms with Crippen LogP contribution in [0, 0.1) is 5.92 Å². The fourth-order valence-corrected chi connectivity index (χ4v) is 2.36. The van der Waals surface area contributed by atoms with Crippen LogP contribution in [0.3, 0.4) is 0 Å². The zero-order valence-electron chi connectivity index (χ0n) is 11.2. The average molecular weight is 298 g/mol. The summed E-state index contributed by atoms with van der Waals surface area (Å²) in [6.07, 6.45) is 0.884. The lowest BCUT2D eigenvalue weighted by Gasteiger charge is -2.07. The molecule has 0 fully saturated rings. The highest BCUT2D eigenvalue weighted by Crippen LogP contribution is 2.32. The fraction of sp³-hybridized carbons (Fsp3) is 0.357. The smallest absolute Gasteiger partial charge is 0.125 e. The van der Waals surface area contributed by atoms with E-state index in [2.05, 4.69) is 18.9 Å². The van der Waals surface area contributed by atoms with Crippen LogP contribution in [0.5, 0.6) is 0 Å². The Kier molecular flexibility index (Phi) is 4.07. The Morgan fingerprint density at radius 1 is 1.26 bits per heavy atom. The highest BCUT2D eigenvalue weighted by atomic mass is 35.5. The number of hydrogen-bond acceptors (Lipinski definition) is 2. The average Bonchev–Trinajstić information content (AvgIpc) is 2.60. The molecule has 2 N–H and O–H groups in total. The molecule has 2 rings (SSSR count). The van der Waals surface area contributed by atoms with Crippen molar-refractivity contribution in [3.05, 3.63) is 33.8 Å².